The fourth-order valence-corrected chi connectivity index (χ4v) is 8.36. The first kappa shape index (κ1) is 44.3. The second-order valence-corrected chi connectivity index (χ2v) is 15.8. The number of phenolic OH excluding ortho intramolecular Hbond substituents is 1. The highest BCUT2D eigenvalue weighted by atomic mass is 35.5. The highest BCUT2D eigenvalue weighted by Gasteiger charge is 2.39. The van der Waals surface area contributed by atoms with Crippen molar-refractivity contribution in [2.45, 2.75) is 38.3 Å². The summed E-state index contributed by atoms with van der Waals surface area (Å²) in [5, 5.41) is 15.6. The summed E-state index contributed by atoms with van der Waals surface area (Å²) in [6, 6.07) is 30.4. The minimum Gasteiger partial charge on any atom is -0.508 e. The Labute approximate surface area is 367 Å². The van der Waals surface area contributed by atoms with Gasteiger partial charge in [0.25, 0.3) is 5.91 Å². The van der Waals surface area contributed by atoms with Gasteiger partial charge >= 0.3 is 0 Å². The summed E-state index contributed by atoms with van der Waals surface area (Å²) in [5.41, 5.74) is 7.53. The zero-order valence-electron chi connectivity index (χ0n) is 34.9. The molecule has 3 aliphatic rings. The normalized spacial score (nSPS) is 17.1. The number of rotatable bonds is 20. The van der Waals surface area contributed by atoms with Gasteiger partial charge in [-0.1, -0.05) is 60.7 Å². The Hall–Kier alpha value is -5.73. The van der Waals surface area contributed by atoms with Crippen molar-refractivity contribution in [3.63, 3.8) is 0 Å². The number of alkyl halides is 1. The number of allylic oxidation sites excluding steroid dienone is 1. The number of carbonyl (C=O) groups is 4. The van der Waals surface area contributed by atoms with Gasteiger partial charge in [0.1, 0.15) is 24.1 Å². The predicted octanol–water partition coefficient (Wildman–Crippen LogP) is 5.80. The van der Waals surface area contributed by atoms with E-state index in [0.717, 1.165) is 64.5 Å². The van der Waals surface area contributed by atoms with Gasteiger partial charge in [-0.25, -0.2) is 0 Å². The SMILES string of the molecule is O=C1CCC(N2Cc3c(NCCOCCOCCC(=O)N4CCN(CCOc5ccc(C(=C(CCCl)c6ccccc6)c6ccc(O)cc6)cc5)CC4)cccc3C2=O)C(=O)N1. The standard InChI is InChI=1S/C48H54ClN5O8/c49-21-19-39(34-5-2-1-3-6-34)46(35-9-13-37(55)14-10-35)36-11-15-38(16-12-36)62-30-27-52-23-25-53(26-24-52)45(57)20-28-60-31-32-61-29-22-50-42-8-4-7-40-41(42)33-54(48(40)59)43-17-18-44(56)51-47(43)58/h1-16,43,50,55H,17-33H2,(H,51,56,58). The molecule has 0 radical (unpaired) electrons. The number of hydrogen-bond donors (Lipinski definition) is 3. The molecule has 14 heteroatoms. The van der Waals surface area contributed by atoms with Crippen molar-refractivity contribution in [3.8, 4) is 11.5 Å². The van der Waals surface area contributed by atoms with E-state index in [1.165, 1.54) is 4.90 Å². The van der Waals surface area contributed by atoms with Gasteiger partial charge in [-0.15, -0.1) is 11.6 Å². The molecule has 0 spiro atoms. The lowest BCUT2D eigenvalue weighted by molar-refractivity contribution is -0.137. The van der Waals surface area contributed by atoms with Gasteiger partial charge in [-0.3, -0.25) is 29.4 Å². The van der Waals surface area contributed by atoms with Crippen molar-refractivity contribution < 1.29 is 38.5 Å². The quantitative estimate of drug-likeness (QED) is 0.0431. The topological polar surface area (TPSA) is 150 Å². The fraction of sp³-hybridized carbons (Fsp3) is 0.375. The summed E-state index contributed by atoms with van der Waals surface area (Å²) >= 11 is 6.31. The van der Waals surface area contributed by atoms with Gasteiger partial charge < -0.3 is 34.4 Å². The number of carbonyl (C=O) groups excluding carboxylic acids is 4. The van der Waals surface area contributed by atoms with Gasteiger partial charge in [0.05, 0.1) is 32.8 Å². The number of nitrogens with one attached hydrogen (secondary N) is 2. The van der Waals surface area contributed by atoms with Crippen LogP contribution in [0.4, 0.5) is 5.69 Å². The van der Waals surface area contributed by atoms with E-state index >= 15 is 0 Å². The first-order valence-corrected chi connectivity index (χ1v) is 21.9. The van der Waals surface area contributed by atoms with Gasteiger partial charge in [0.15, 0.2) is 0 Å². The third-order valence-electron chi connectivity index (χ3n) is 11.4. The second-order valence-electron chi connectivity index (χ2n) is 15.4. The minimum atomic E-state index is -0.655. The van der Waals surface area contributed by atoms with Crippen LogP contribution in [0.15, 0.2) is 97.1 Å². The Balaban J connectivity index is 0.765. The molecule has 326 valence electrons. The third kappa shape index (κ3) is 11.4. The number of anilines is 1. The van der Waals surface area contributed by atoms with Gasteiger partial charge in [0, 0.05) is 74.9 Å². The summed E-state index contributed by atoms with van der Waals surface area (Å²) in [6.45, 7) is 6.49. The number of piperidine rings is 1. The van der Waals surface area contributed by atoms with Crippen LogP contribution in [0.3, 0.4) is 0 Å². The number of benzene rings is 4. The lowest BCUT2D eigenvalue weighted by Gasteiger charge is -2.34. The number of amides is 4. The summed E-state index contributed by atoms with van der Waals surface area (Å²) in [7, 11) is 0. The van der Waals surface area contributed by atoms with Crippen LogP contribution in [0, 0.1) is 0 Å². The van der Waals surface area contributed by atoms with Crippen molar-refractivity contribution in [1.82, 2.24) is 20.0 Å². The monoisotopic (exact) mass is 863 g/mol. The van der Waals surface area contributed by atoms with Crippen LogP contribution >= 0.6 is 11.6 Å². The Kier molecular flexibility index (Phi) is 15.6. The first-order valence-electron chi connectivity index (χ1n) is 21.3. The maximum absolute atomic E-state index is 13.1. The van der Waals surface area contributed by atoms with Crippen molar-refractivity contribution in [2.75, 3.05) is 83.5 Å². The molecule has 4 amide bonds. The molecule has 0 saturated carbocycles. The second kappa shape index (κ2) is 21.9. The maximum atomic E-state index is 13.1. The Bertz CT molecular complexity index is 2190. The highest BCUT2D eigenvalue weighted by Crippen LogP contribution is 2.36. The molecule has 13 nitrogen and oxygen atoms in total. The number of piperazine rings is 1. The van der Waals surface area contributed by atoms with E-state index in [1.807, 2.05) is 59.5 Å². The number of phenols is 1. The molecule has 0 aromatic heterocycles. The van der Waals surface area contributed by atoms with Crippen LogP contribution in [0.1, 0.15) is 58.3 Å². The maximum Gasteiger partial charge on any atom is 0.255 e. The molecule has 3 heterocycles. The van der Waals surface area contributed by atoms with Crippen molar-refractivity contribution in [3.05, 3.63) is 125 Å². The number of fused-ring (bicyclic) bond motifs is 1. The molecule has 4 aromatic rings. The van der Waals surface area contributed by atoms with Gasteiger partial charge in [-0.2, -0.15) is 0 Å². The lowest BCUT2D eigenvalue weighted by atomic mass is 9.88. The summed E-state index contributed by atoms with van der Waals surface area (Å²) < 4.78 is 17.6. The van der Waals surface area contributed by atoms with Crippen LogP contribution in [-0.4, -0.2) is 128 Å². The van der Waals surface area contributed by atoms with E-state index in [9.17, 15) is 24.3 Å². The van der Waals surface area contributed by atoms with E-state index in [-0.39, 0.29) is 29.9 Å². The lowest BCUT2D eigenvalue weighted by Crippen LogP contribution is -2.52. The van der Waals surface area contributed by atoms with Gasteiger partial charge in [-0.05, 0) is 77.1 Å². The molecule has 2 saturated heterocycles. The van der Waals surface area contributed by atoms with E-state index in [0.29, 0.717) is 89.9 Å². The Morgan fingerprint density at radius 1 is 0.774 bits per heavy atom. The fourth-order valence-electron chi connectivity index (χ4n) is 8.17. The molecule has 3 N–H and O–H groups in total. The summed E-state index contributed by atoms with van der Waals surface area (Å²) in [6.07, 6.45) is 1.54. The summed E-state index contributed by atoms with van der Waals surface area (Å²) in [4.78, 5) is 55.6. The summed E-state index contributed by atoms with van der Waals surface area (Å²) in [5.74, 6) is 0.611. The van der Waals surface area contributed by atoms with Crippen molar-refractivity contribution in [1.29, 1.82) is 0 Å². The van der Waals surface area contributed by atoms with E-state index in [2.05, 4.69) is 39.8 Å². The molecule has 1 unspecified atom stereocenters. The molecule has 3 aliphatic heterocycles. The van der Waals surface area contributed by atoms with Crippen molar-refractivity contribution in [2.24, 2.45) is 0 Å². The molecule has 7 rings (SSSR count). The molecule has 1 atom stereocenters. The van der Waals surface area contributed by atoms with Crippen LogP contribution in [0.5, 0.6) is 11.5 Å². The zero-order valence-corrected chi connectivity index (χ0v) is 35.6. The van der Waals surface area contributed by atoms with Crippen LogP contribution in [0.25, 0.3) is 11.1 Å². The number of halogens is 1. The first-order chi connectivity index (χ1) is 30.3. The third-order valence-corrected chi connectivity index (χ3v) is 11.6. The number of aromatic hydroxyl groups is 1. The molecule has 0 bridgehead atoms. The minimum absolute atomic E-state index is 0.0818. The number of imide groups is 1. The zero-order chi connectivity index (χ0) is 43.3. The molecule has 4 aromatic carbocycles. The Morgan fingerprint density at radius 3 is 2.19 bits per heavy atom. The van der Waals surface area contributed by atoms with Crippen LogP contribution in [-0.2, 0) is 30.4 Å². The molecular weight excluding hydrogens is 810 g/mol. The van der Waals surface area contributed by atoms with Crippen LogP contribution < -0.4 is 15.4 Å². The molecule has 62 heavy (non-hydrogen) atoms. The van der Waals surface area contributed by atoms with Crippen LogP contribution in [0.2, 0.25) is 0 Å². The largest absolute Gasteiger partial charge is 0.508 e. The molecular formula is C48H54ClN5O8. The average molecular weight is 864 g/mol. The molecule has 2 fully saturated rings. The van der Waals surface area contributed by atoms with E-state index in [4.69, 9.17) is 25.8 Å². The van der Waals surface area contributed by atoms with E-state index in [1.54, 1.807) is 18.2 Å². The number of hydrogen-bond acceptors (Lipinski definition) is 10. The number of nitrogens with zero attached hydrogens (tertiary/aromatic N) is 3. The average Bonchev–Trinajstić information content (AvgIpc) is 3.63. The Morgan fingerprint density at radius 2 is 1.48 bits per heavy atom. The number of ether oxygens (including phenoxy) is 3. The van der Waals surface area contributed by atoms with E-state index < -0.39 is 11.9 Å². The highest BCUT2D eigenvalue weighted by molar-refractivity contribution is 6.18. The predicted molar refractivity (Wildman–Crippen MR) is 238 cm³/mol. The van der Waals surface area contributed by atoms with Crippen molar-refractivity contribution >= 4 is 52.1 Å². The molecule has 0 aliphatic carbocycles. The smallest absolute Gasteiger partial charge is 0.255 e. The van der Waals surface area contributed by atoms with Gasteiger partial charge in [0.2, 0.25) is 17.7 Å².